The third-order valence-corrected chi connectivity index (χ3v) is 3.17. The molecule has 0 spiro atoms. The van der Waals surface area contributed by atoms with Crippen LogP contribution >= 0.6 is 0 Å². The minimum absolute atomic E-state index is 0.571. The van der Waals surface area contributed by atoms with E-state index in [4.69, 9.17) is 10.5 Å². The van der Waals surface area contributed by atoms with Gasteiger partial charge in [0.1, 0.15) is 17.9 Å². The number of rotatable bonds is 4. The summed E-state index contributed by atoms with van der Waals surface area (Å²) in [4.78, 5) is 8.50. The second-order valence-electron chi connectivity index (χ2n) is 4.52. The predicted molar refractivity (Wildman–Crippen MR) is 77.2 cm³/mol. The lowest BCUT2D eigenvalue weighted by Crippen LogP contribution is -2.03. The molecule has 0 saturated carbocycles. The van der Waals surface area contributed by atoms with Gasteiger partial charge in [0, 0.05) is 11.1 Å². The van der Waals surface area contributed by atoms with Gasteiger partial charge in [-0.15, -0.1) is 0 Å². The summed E-state index contributed by atoms with van der Waals surface area (Å²) in [5.74, 6) is 1.42. The van der Waals surface area contributed by atoms with Gasteiger partial charge in [-0.1, -0.05) is 13.3 Å². The molecule has 19 heavy (non-hydrogen) atoms. The number of ether oxygens (including phenoxy) is 1. The molecule has 0 aliphatic rings. The van der Waals surface area contributed by atoms with E-state index in [1.807, 2.05) is 25.1 Å². The Labute approximate surface area is 113 Å². The van der Waals surface area contributed by atoms with Crippen molar-refractivity contribution in [3.63, 3.8) is 0 Å². The van der Waals surface area contributed by atoms with Crippen LogP contribution in [0.4, 0.5) is 5.82 Å². The highest BCUT2D eigenvalue weighted by Crippen LogP contribution is 2.30. The first-order valence-electron chi connectivity index (χ1n) is 6.41. The van der Waals surface area contributed by atoms with Gasteiger partial charge in [0.2, 0.25) is 0 Å². The van der Waals surface area contributed by atoms with Gasteiger partial charge in [-0.2, -0.15) is 0 Å². The molecule has 2 rings (SSSR count). The van der Waals surface area contributed by atoms with E-state index in [0.29, 0.717) is 5.82 Å². The van der Waals surface area contributed by atoms with E-state index in [9.17, 15) is 0 Å². The van der Waals surface area contributed by atoms with Crippen LogP contribution in [0.3, 0.4) is 0 Å². The van der Waals surface area contributed by atoms with Gasteiger partial charge in [0.05, 0.1) is 12.8 Å². The molecule has 0 radical (unpaired) electrons. The van der Waals surface area contributed by atoms with E-state index >= 15 is 0 Å². The van der Waals surface area contributed by atoms with E-state index in [-0.39, 0.29) is 0 Å². The Bertz CT molecular complexity index is 582. The van der Waals surface area contributed by atoms with Crippen LogP contribution in [0.1, 0.15) is 24.5 Å². The van der Waals surface area contributed by atoms with Crippen molar-refractivity contribution in [2.24, 2.45) is 0 Å². The lowest BCUT2D eigenvalue weighted by atomic mass is 9.99. The van der Waals surface area contributed by atoms with Gasteiger partial charge >= 0.3 is 0 Å². The van der Waals surface area contributed by atoms with Crippen LogP contribution in [0.2, 0.25) is 0 Å². The summed E-state index contributed by atoms with van der Waals surface area (Å²) in [6, 6.07) is 5.97. The minimum atomic E-state index is 0.571. The lowest BCUT2D eigenvalue weighted by molar-refractivity contribution is 0.414. The zero-order valence-corrected chi connectivity index (χ0v) is 11.6. The Balaban J connectivity index is 2.55. The highest BCUT2D eigenvalue weighted by molar-refractivity contribution is 5.71. The Morgan fingerprint density at radius 1 is 1.26 bits per heavy atom. The first-order chi connectivity index (χ1) is 9.17. The number of methoxy groups -OCH3 is 1. The van der Waals surface area contributed by atoms with Crippen LogP contribution in [-0.2, 0) is 6.42 Å². The topological polar surface area (TPSA) is 61.0 Å². The van der Waals surface area contributed by atoms with Crippen LogP contribution < -0.4 is 10.5 Å². The molecule has 2 aromatic rings. The van der Waals surface area contributed by atoms with E-state index in [1.165, 1.54) is 6.33 Å². The van der Waals surface area contributed by atoms with Gasteiger partial charge in [0.15, 0.2) is 0 Å². The molecule has 0 aliphatic heterocycles. The first kappa shape index (κ1) is 13.3. The first-order valence-corrected chi connectivity index (χ1v) is 6.41. The summed E-state index contributed by atoms with van der Waals surface area (Å²) in [5.41, 5.74) is 10.1. The molecule has 0 bridgehead atoms. The molecule has 0 aliphatic carbocycles. The molecule has 1 heterocycles. The second-order valence-corrected chi connectivity index (χ2v) is 4.52. The summed E-state index contributed by atoms with van der Waals surface area (Å²) >= 11 is 0. The average molecular weight is 257 g/mol. The number of benzene rings is 1. The largest absolute Gasteiger partial charge is 0.497 e. The molecule has 0 amide bonds. The maximum atomic E-state index is 5.98. The molecule has 1 aromatic carbocycles. The maximum Gasteiger partial charge on any atom is 0.130 e. The van der Waals surface area contributed by atoms with Gasteiger partial charge in [-0.25, -0.2) is 9.97 Å². The van der Waals surface area contributed by atoms with E-state index in [2.05, 4.69) is 16.9 Å². The van der Waals surface area contributed by atoms with E-state index in [0.717, 1.165) is 41.0 Å². The van der Waals surface area contributed by atoms with Crippen LogP contribution in [0, 0.1) is 6.92 Å². The van der Waals surface area contributed by atoms with Crippen molar-refractivity contribution >= 4 is 5.82 Å². The maximum absolute atomic E-state index is 5.98. The number of nitrogen functional groups attached to an aromatic ring is 1. The lowest BCUT2D eigenvalue weighted by Gasteiger charge is -2.12. The Morgan fingerprint density at radius 3 is 2.68 bits per heavy atom. The fraction of sp³-hybridized carbons (Fsp3) is 0.333. The van der Waals surface area contributed by atoms with Crippen LogP contribution in [0.25, 0.3) is 11.3 Å². The smallest absolute Gasteiger partial charge is 0.130 e. The van der Waals surface area contributed by atoms with Crippen molar-refractivity contribution in [3.05, 3.63) is 35.7 Å². The molecule has 1 aromatic heterocycles. The highest BCUT2D eigenvalue weighted by atomic mass is 16.5. The van der Waals surface area contributed by atoms with Gasteiger partial charge < -0.3 is 10.5 Å². The standard InChI is InChI=1S/C15H19N3O/c1-4-5-13-14(17-9-18-15(13)16)12-7-6-11(19-3)8-10(12)2/h6-9H,4-5H2,1-3H3,(H2,16,17,18). The quantitative estimate of drug-likeness (QED) is 0.914. The number of nitrogens with zero attached hydrogens (tertiary/aromatic N) is 2. The average Bonchev–Trinajstić information content (AvgIpc) is 2.41. The number of aromatic nitrogens is 2. The molecule has 100 valence electrons. The summed E-state index contributed by atoms with van der Waals surface area (Å²) in [6.45, 7) is 4.17. The normalized spacial score (nSPS) is 10.5. The van der Waals surface area contributed by atoms with Crippen molar-refractivity contribution in [2.45, 2.75) is 26.7 Å². The summed E-state index contributed by atoms with van der Waals surface area (Å²) < 4.78 is 5.23. The summed E-state index contributed by atoms with van der Waals surface area (Å²) in [5, 5.41) is 0. The zero-order valence-electron chi connectivity index (χ0n) is 11.6. The van der Waals surface area contributed by atoms with E-state index in [1.54, 1.807) is 7.11 Å². The monoisotopic (exact) mass is 257 g/mol. The number of aryl methyl sites for hydroxylation is 1. The number of hydrogen-bond acceptors (Lipinski definition) is 4. The van der Waals surface area contributed by atoms with Crippen molar-refractivity contribution in [2.75, 3.05) is 12.8 Å². The van der Waals surface area contributed by atoms with Crippen LogP contribution in [0.5, 0.6) is 5.75 Å². The highest BCUT2D eigenvalue weighted by Gasteiger charge is 2.12. The zero-order chi connectivity index (χ0) is 13.8. The molecule has 2 N–H and O–H groups in total. The van der Waals surface area contributed by atoms with Gasteiger partial charge in [0.25, 0.3) is 0 Å². The van der Waals surface area contributed by atoms with E-state index < -0.39 is 0 Å². The summed E-state index contributed by atoms with van der Waals surface area (Å²) in [6.07, 6.45) is 3.42. The van der Waals surface area contributed by atoms with Crippen molar-refractivity contribution in [1.29, 1.82) is 0 Å². The molecular formula is C15H19N3O. The molecule has 4 nitrogen and oxygen atoms in total. The third kappa shape index (κ3) is 2.67. The van der Waals surface area contributed by atoms with Crippen molar-refractivity contribution < 1.29 is 4.74 Å². The van der Waals surface area contributed by atoms with Crippen molar-refractivity contribution in [3.8, 4) is 17.0 Å². The molecule has 0 saturated heterocycles. The minimum Gasteiger partial charge on any atom is -0.497 e. The Morgan fingerprint density at radius 2 is 2.05 bits per heavy atom. The SMILES string of the molecule is CCCc1c(N)ncnc1-c1ccc(OC)cc1C. The third-order valence-electron chi connectivity index (χ3n) is 3.17. The van der Waals surface area contributed by atoms with Crippen molar-refractivity contribution in [1.82, 2.24) is 9.97 Å². The molecular weight excluding hydrogens is 238 g/mol. The fourth-order valence-electron chi connectivity index (χ4n) is 2.18. The predicted octanol–water partition coefficient (Wildman–Crippen LogP) is 3.00. The summed E-state index contributed by atoms with van der Waals surface area (Å²) in [7, 11) is 1.67. The number of anilines is 1. The number of hydrogen-bond donors (Lipinski definition) is 1. The molecule has 0 unspecified atom stereocenters. The Hall–Kier alpha value is -2.10. The molecule has 0 fully saturated rings. The van der Waals surface area contributed by atoms with Gasteiger partial charge in [-0.3, -0.25) is 0 Å². The van der Waals surface area contributed by atoms with Crippen LogP contribution in [0.15, 0.2) is 24.5 Å². The molecule has 4 heteroatoms. The molecule has 0 atom stereocenters. The Kier molecular flexibility index (Phi) is 4.00. The van der Waals surface area contributed by atoms with Crippen LogP contribution in [-0.4, -0.2) is 17.1 Å². The second kappa shape index (κ2) is 5.69. The fourth-order valence-corrected chi connectivity index (χ4v) is 2.18. The number of nitrogens with two attached hydrogens (primary N) is 1. The van der Waals surface area contributed by atoms with Gasteiger partial charge in [-0.05, 0) is 37.1 Å².